The van der Waals surface area contributed by atoms with Crippen LogP contribution in [-0.2, 0) is 16.2 Å². The third kappa shape index (κ3) is 4.78. The molecular formula is C19H17N3O4. The molecule has 0 fully saturated rings. The number of hydrogen-bond donors (Lipinski definition) is 2. The summed E-state index contributed by atoms with van der Waals surface area (Å²) in [5.74, 6) is -0.499. The molecule has 7 heteroatoms. The first-order chi connectivity index (χ1) is 12.7. The number of hydroxylamine groups is 1. The third-order valence-corrected chi connectivity index (χ3v) is 3.48. The summed E-state index contributed by atoms with van der Waals surface area (Å²) in [5, 5.41) is 6.18. The van der Waals surface area contributed by atoms with E-state index in [0.717, 1.165) is 11.1 Å². The fourth-order valence-electron chi connectivity index (χ4n) is 2.18. The second-order valence-corrected chi connectivity index (χ2v) is 5.42. The predicted molar refractivity (Wildman–Crippen MR) is 93.6 cm³/mol. The standard InChI is InChI=1S/C19H17N3O4/c23-18(22-25-13-14-7-3-1-4-8-14)12-20-19(24)16-11-17(26-21-16)15-9-5-2-6-10-15/h1-11H,12-13H2,(H,20,24)(H,22,23). The molecule has 1 heterocycles. The molecule has 0 aliphatic rings. The number of amides is 2. The molecule has 7 nitrogen and oxygen atoms in total. The molecule has 2 aromatic carbocycles. The molecule has 132 valence electrons. The van der Waals surface area contributed by atoms with Gasteiger partial charge in [-0.15, -0.1) is 0 Å². The van der Waals surface area contributed by atoms with Gasteiger partial charge in [0.05, 0.1) is 13.2 Å². The van der Waals surface area contributed by atoms with Crippen molar-refractivity contribution >= 4 is 11.8 Å². The number of aromatic nitrogens is 1. The fourth-order valence-corrected chi connectivity index (χ4v) is 2.18. The molecule has 0 saturated carbocycles. The van der Waals surface area contributed by atoms with Crippen LogP contribution >= 0.6 is 0 Å². The topological polar surface area (TPSA) is 93.5 Å². The van der Waals surface area contributed by atoms with Gasteiger partial charge in [-0.1, -0.05) is 65.8 Å². The van der Waals surface area contributed by atoms with E-state index in [1.807, 2.05) is 60.7 Å². The molecule has 2 N–H and O–H groups in total. The summed E-state index contributed by atoms with van der Waals surface area (Å²) in [6.45, 7) is 0.00536. The summed E-state index contributed by atoms with van der Waals surface area (Å²) in [7, 11) is 0. The largest absolute Gasteiger partial charge is 0.355 e. The highest BCUT2D eigenvalue weighted by Gasteiger charge is 2.14. The maximum atomic E-state index is 12.0. The lowest BCUT2D eigenvalue weighted by atomic mass is 10.1. The van der Waals surface area contributed by atoms with Crippen LogP contribution in [0.3, 0.4) is 0 Å². The first kappa shape index (κ1) is 17.4. The Hall–Kier alpha value is -3.45. The highest BCUT2D eigenvalue weighted by atomic mass is 16.6. The van der Waals surface area contributed by atoms with Gasteiger partial charge in [0.1, 0.15) is 0 Å². The Labute approximate surface area is 149 Å². The average Bonchev–Trinajstić information content (AvgIpc) is 3.18. The molecule has 0 unspecified atom stereocenters. The van der Waals surface area contributed by atoms with Crippen LogP contribution in [-0.4, -0.2) is 23.5 Å². The molecule has 3 rings (SSSR count). The predicted octanol–water partition coefficient (Wildman–Crippen LogP) is 2.32. The summed E-state index contributed by atoms with van der Waals surface area (Å²) in [5.41, 5.74) is 4.11. The van der Waals surface area contributed by atoms with Crippen molar-refractivity contribution in [2.75, 3.05) is 6.54 Å². The van der Waals surface area contributed by atoms with Crippen molar-refractivity contribution in [2.45, 2.75) is 6.61 Å². The zero-order valence-corrected chi connectivity index (χ0v) is 13.8. The lowest BCUT2D eigenvalue weighted by Crippen LogP contribution is -2.36. The molecule has 26 heavy (non-hydrogen) atoms. The fraction of sp³-hybridized carbons (Fsp3) is 0.105. The number of benzene rings is 2. The van der Waals surface area contributed by atoms with Crippen molar-refractivity contribution in [1.29, 1.82) is 0 Å². The molecular weight excluding hydrogens is 334 g/mol. The van der Waals surface area contributed by atoms with E-state index in [1.54, 1.807) is 0 Å². The number of carbonyl (C=O) groups excluding carboxylic acids is 2. The Morgan fingerprint density at radius 1 is 1.00 bits per heavy atom. The van der Waals surface area contributed by atoms with Gasteiger partial charge in [-0.25, -0.2) is 5.48 Å². The van der Waals surface area contributed by atoms with Crippen LogP contribution in [0, 0.1) is 0 Å². The van der Waals surface area contributed by atoms with Crippen LogP contribution < -0.4 is 10.8 Å². The molecule has 0 aliphatic heterocycles. The van der Waals surface area contributed by atoms with Gasteiger partial charge >= 0.3 is 0 Å². The van der Waals surface area contributed by atoms with Crippen molar-refractivity contribution in [2.24, 2.45) is 0 Å². The minimum absolute atomic E-state index is 0.0989. The van der Waals surface area contributed by atoms with Crippen molar-refractivity contribution in [3.63, 3.8) is 0 Å². The van der Waals surface area contributed by atoms with Gasteiger partial charge in [0, 0.05) is 11.6 Å². The Kier molecular flexibility index (Phi) is 5.74. The third-order valence-electron chi connectivity index (χ3n) is 3.48. The van der Waals surface area contributed by atoms with E-state index in [9.17, 15) is 9.59 Å². The van der Waals surface area contributed by atoms with E-state index in [0.29, 0.717) is 5.76 Å². The van der Waals surface area contributed by atoms with E-state index >= 15 is 0 Å². The Bertz CT molecular complexity index is 863. The number of hydrogen-bond acceptors (Lipinski definition) is 5. The van der Waals surface area contributed by atoms with E-state index in [1.165, 1.54) is 6.07 Å². The molecule has 3 aromatic rings. The zero-order chi connectivity index (χ0) is 18.2. The number of nitrogens with one attached hydrogen (secondary N) is 2. The summed E-state index contributed by atoms with van der Waals surface area (Å²) < 4.78 is 5.16. The van der Waals surface area contributed by atoms with Crippen LogP contribution in [0.15, 0.2) is 71.3 Å². The summed E-state index contributed by atoms with van der Waals surface area (Å²) in [6, 6.07) is 20.2. The lowest BCUT2D eigenvalue weighted by molar-refractivity contribution is -0.133. The van der Waals surface area contributed by atoms with Gasteiger partial charge in [-0.2, -0.15) is 0 Å². The van der Waals surface area contributed by atoms with Crippen LogP contribution in [0.2, 0.25) is 0 Å². The quantitative estimate of drug-likeness (QED) is 0.637. The summed E-state index contributed by atoms with van der Waals surface area (Å²) in [4.78, 5) is 28.8. The van der Waals surface area contributed by atoms with Gasteiger partial charge in [0.2, 0.25) is 0 Å². The van der Waals surface area contributed by atoms with Gasteiger partial charge in [0.25, 0.3) is 11.8 Å². The summed E-state index contributed by atoms with van der Waals surface area (Å²) >= 11 is 0. The van der Waals surface area contributed by atoms with E-state index in [-0.39, 0.29) is 18.8 Å². The molecule has 0 bridgehead atoms. The normalized spacial score (nSPS) is 10.3. The molecule has 1 aromatic heterocycles. The minimum Gasteiger partial charge on any atom is -0.355 e. The van der Waals surface area contributed by atoms with Crippen LogP contribution in [0.4, 0.5) is 0 Å². The molecule has 0 spiro atoms. The highest BCUT2D eigenvalue weighted by Crippen LogP contribution is 2.19. The average molecular weight is 351 g/mol. The van der Waals surface area contributed by atoms with E-state index in [4.69, 9.17) is 9.36 Å². The van der Waals surface area contributed by atoms with Crippen LogP contribution in [0.1, 0.15) is 16.1 Å². The van der Waals surface area contributed by atoms with E-state index in [2.05, 4.69) is 16.0 Å². The Morgan fingerprint density at radius 3 is 2.42 bits per heavy atom. The monoisotopic (exact) mass is 351 g/mol. The van der Waals surface area contributed by atoms with Gasteiger partial charge < -0.3 is 9.84 Å². The Morgan fingerprint density at radius 2 is 1.69 bits per heavy atom. The van der Waals surface area contributed by atoms with Gasteiger partial charge in [-0.05, 0) is 5.56 Å². The van der Waals surface area contributed by atoms with E-state index < -0.39 is 11.8 Å². The molecule has 0 aliphatic carbocycles. The van der Waals surface area contributed by atoms with Crippen molar-refractivity contribution in [1.82, 2.24) is 16.0 Å². The highest BCUT2D eigenvalue weighted by molar-refractivity contribution is 5.95. The van der Waals surface area contributed by atoms with Crippen molar-refractivity contribution < 1.29 is 18.9 Å². The van der Waals surface area contributed by atoms with Gasteiger partial charge in [-0.3, -0.25) is 14.4 Å². The van der Waals surface area contributed by atoms with Crippen LogP contribution in [0.25, 0.3) is 11.3 Å². The number of nitrogens with zero attached hydrogens (tertiary/aromatic N) is 1. The first-order valence-electron chi connectivity index (χ1n) is 7.97. The van der Waals surface area contributed by atoms with Crippen molar-refractivity contribution in [3.05, 3.63) is 78.0 Å². The molecule has 0 saturated heterocycles. The molecule has 0 radical (unpaired) electrons. The summed E-state index contributed by atoms with van der Waals surface area (Å²) in [6.07, 6.45) is 0. The Balaban J connectivity index is 1.43. The first-order valence-corrected chi connectivity index (χ1v) is 7.97. The minimum atomic E-state index is -0.505. The van der Waals surface area contributed by atoms with Gasteiger partial charge in [0.15, 0.2) is 11.5 Å². The maximum absolute atomic E-state index is 12.0. The number of carbonyl (C=O) groups is 2. The molecule has 0 atom stereocenters. The molecule has 2 amide bonds. The smallest absolute Gasteiger partial charge is 0.273 e. The van der Waals surface area contributed by atoms with Crippen LogP contribution in [0.5, 0.6) is 0 Å². The SMILES string of the molecule is O=C(CNC(=O)c1cc(-c2ccccc2)on1)NOCc1ccccc1. The van der Waals surface area contributed by atoms with Crippen molar-refractivity contribution in [3.8, 4) is 11.3 Å². The second-order valence-electron chi connectivity index (χ2n) is 5.42. The number of rotatable bonds is 7. The lowest BCUT2D eigenvalue weighted by Gasteiger charge is -2.06. The zero-order valence-electron chi connectivity index (χ0n) is 13.8. The maximum Gasteiger partial charge on any atom is 0.273 e. The second kappa shape index (κ2) is 8.59.